The Morgan fingerprint density at radius 2 is 2.19 bits per heavy atom. The number of aromatic nitrogens is 5. The molecule has 136 valence electrons. The molecule has 0 aliphatic heterocycles. The number of nitrogens with zero attached hydrogens (tertiary/aromatic N) is 4. The maximum absolute atomic E-state index is 12.4. The van der Waals surface area contributed by atoms with E-state index in [4.69, 9.17) is 11.6 Å². The van der Waals surface area contributed by atoms with E-state index in [-0.39, 0.29) is 5.56 Å². The van der Waals surface area contributed by atoms with Crippen molar-refractivity contribution in [3.8, 4) is 0 Å². The van der Waals surface area contributed by atoms with Crippen LogP contribution in [0.15, 0.2) is 29.1 Å². The molecule has 2 atom stereocenters. The summed E-state index contributed by atoms with van der Waals surface area (Å²) in [6.45, 7) is 2.65. The summed E-state index contributed by atoms with van der Waals surface area (Å²) in [4.78, 5) is 12.4. The maximum Gasteiger partial charge on any atom is 0.292 e. The van der Waals surface area contributed by atoms with Crippen molar-refractivity contribution < 1.29 is 0 Å². The molecule has 0 saturated heterocycles. The average molecular weight is 373 g/mol. The SMILES string of the molecule is C[C@@H]1CCC[C@@H](Nc2n[nH]c(=O)c3c2nnn3Cc2ccccc2Cl)C1. The number of anilines is 1. The van der Waals surface area contributed by atoms with Crippen LogP contribution in [0.25, 0.3) is 11.0 Å². The smallest absolute Gasteiger partial charge is 0.292 e. The number of aromatic amines is 1. The monoisotopic (exact) mass is 372 g/mol. The molecule has 7 nitrogen and oxygen atoms in total. The summed E-state index contributed by atoms with van der Waals surface area (Å²) in [6, 6.07) is 7.85. The molecule has 0 spiro atoms. The lowest BCUT2D eigenvalue weighted by atomic mass is 9.87. The van der Waals surface area contributed by atoms with Crippen molar-refractivity contribution in [2.75, 3.05) is 5.32 Å². The quantitative estimate of drug-likeness (QED) is 0.734. The minimum atomic E-state index is -0.306. The highest BCUT2D eigenvalue weighted by atomic mass is 35.5. The van der Waals surface area contributed by atoms with Crippen LogP contribution in [0.1, 0.15) is 38.2 Å². The minimum absolute atomic E-state index is 0.306. The molecule has 1 aliphatic carbocycles. The van der Waals surface area contributed by atoms with Crippen molar-refractivity contribution in [1.29, 1.82) is 0 Å². The summed E-state index contributed by atoms with van der Waals surface area (Å²) in [5.41, 5.74) is 1.48. The molecule has 1 fully saturated rings. The molecule has 0 bridgehead atoms. The third-order valence-corrected chi connectivity index (χ3v) is 5.37. The zero-order chi connectivity index (χ0) is 18.1. The lowest BCUT2D eigenvalue weighted by molar-refractivity contribution is 0.358. The molecule has 2 N–H and O–H groups in total. The van der Waals surface area contributed by atoms with Gasteiger partial charge in [-0.05, 0) is 30.4 Å². The Labute approximate surface area is 155 Å². The predicted molar refractivity (Wildman–Crippen MR) is 102 cm³/mol. The van der Waals surface area contributed by atoms with Crippen LogP contribution < -0.4 is 10.9 Å². The lowest BCUT2D eigenvalue weighted by Gasteiger charge is -2.27. The van der Waals surface area contributed by atoms with E-state index in [1.54, 1.807) is 4.68 Å². The second kappa shape index (κ2) is 7.07. The number of rotatable bonds is 4. The molecular formula is C18H21ClN6O. The van der Waals surface area contributed by atoms with Gasteiger partial charge in [-0.15, -0.1) is 5.10 Å². The van der Waals surface area contributed by atoms with Crippen LogP contribution >= 0.6 is 11.6 Å². The van der Waals surface area contributed by atoms with Crippen LogP contribution in [0.3, 0.4) is 0 Å². The maximum atomic E-state index is 12.4. The van der Waals surface area contributed by atoms with Crippen LogP contribution in [0, 0.1) is 5.92 Å². The third kappa shape index (κ3) is 3.31. The van der Waals surface area contributed by atoms with Crippen LogP contribution in [-0.2, 0) is 6.54 Å². The largest absolute Gasteiger partial charge is 0.364 e. The van der Waals surface area contributed by atoms with Gasteiger partial charge in [0.1, 0.15) is 0 Å². The van der Waals surface area contributed by atoms with Crippen molar-refractivity contribution in [1.82, 2.24) is 25.2 Å². The molecule has 8 heteroatoms. The summed E-state index contributed by atoms with van der Waals surface area (Å²) in [5, 5.41) is 19.2. The average Bonchev–Trinajstić information content (AvgIpc) is 3.04. The number of nitrogens with one attached hydrogen (secondary N) is 2. The second-order valence-electron chi connectivity index (χ2n) is 7.05. The Kier molecular flexibility index (Phi) is 4.63. The molecule has 0 unspecified atom stereocenters. The van der Waals surface area contributed by atoms with E-state index in [2.05, 4.69) is 32.7 Å². The van der Waals surface area contributed by atoms with Crippen molar-refractivity contribution >= 4 is 28.5 Å². The van der Waals surface area contributed by atoms with E-state index in [1.807, 2.05) is 24.3 Å². The summed E-state index contributed by atoms with van der Waals surface area (Å²) in [6.07, 6.45) is 4.65. The normalized spacial score (nSPS) is 20.4. The summed E-state index contributed by atoms with van der Waals surface area (Å²) < 4.78 is 1.58. The number of hydrogen-bond donors (Lipinski definition) is 2. The number of H-pyrrole nitrogens is 1. The van der Waals surface area contributed by atoms with E-state index in [1.165, 1.54) is 12.8 Å². The fraction of sp³-hybridized carbons (Fsp3) is 0.444. The fourth-order valence-electron chi connectivity index (χ4n) is 3.67. The molecule has 26 heavy (non-hydrogen) atoms. The summed E-state index contributed by atoms with van der Waals surface area (Å²) in [7, 11) is 0. The zero-order valence-electron chi connectivity index (χ0n) is 14.6. The highest BCUT2D eigenvalue weighted by Crippen LogP contribution is 2.27. The fourth-order valence-corrected chi connectivity index (χ4v) is 3.86. The van der Waals surface area contributed by atoms with Gasteiger partial charge in [-0.2, -0.15) is 5.10 Å². The second-order valence-corrected chi connectivity index (χ2v) is 7.46. The molecular weight excluding hydrogens is 352 g/mol. The van der Waals surface area contributed by atoms with Gasteiger partial charge in [0.15, 0.2) is 16.9 Å². The van der Waals surface area contributed by atoms with Crippen LogP contribution in [-0.4, -0.2) is 31.2 Å². The van der Waals surface area contributed by atoms with Gasteiger partial charge in [-0.3, -0.25) is 4.79 Å². The molecule has 2 aromatic heterocycles. The molecule has 1 aliphatic rings. The molecule has 3 aromatic rings. The summed E-state index contributed by atoms with van der Waals surface area (Å²) in [5.74, 6) is 1.28. The van der Waals surface area contributed by atoms with Gasteiger partial charge in [-0.25, -0.2) is 9.78 Å². The first kappa shape index (κ1) is 17.0. The number of hydrogen-bond acceptors (Lipinski definition) is 5. The Balaban J connectivity index is 1.67. The highest BCUT2D eigenvalue weighted by molar-refractivity contribution is 6.31. The highest BCUT2D eigenvalue weighted by Gasteiger charge is 2.22. The van der Waals surface area contributed by atoms with Gasteiger partial charge < -0.3 is 5.32 Å². The summed E-state index contributed by atoms with van der Waals surface area (Å²) >= 11 is 6.23. The number of benzene rings is 1. The molecule has 0 amide bonds. The van der Waals surface area contributed by atoms with Gasteiger partial charge in [0.2, 0.25) is 0 Å². The number of halogens is 1. The van der Waals surface area contributed by atoms with Crippen LogP contribution in [0.2, 0.25) is 5.02 Å². The number of fused-ring (bicyclic) bond motifs is 1. The Hall–Kier alpha value is -2.41. The molecule has 1 saturated carbocycles. The van der Waals surface area contributed by atoms with Crippen molar-refractivity contribution in [3.63, 3.8) is 0 Å². The van der Waals surface area contributed by atoms with E-state index in [0.717, 1.165) is 18.4 Å². The zero-order valence-corrected chi connectivity index (χ0v) is 15.3. The molecule has 0 radical (unpaired) electrons. The van der Waals surface area contributed by atoms with E-state index in [0.29, 0.717) is 40.4 Å². The molecule has 2 heterocycles. The topological polar surface area (TPSA) is 88.5 Å². The first-order chi connectivity index (χ1) is 12.6. The molecule has 4 rings (SSSR count). The third-order valence-electron chi connectivity index (χ3n) is 5.00. The van der Waals surface area contributed by atoms with E-state index >= 15 is 0 Å². The first-order valence-corrected chi connectivity index (χ1v) is 9.31. The van der Waals surface area contributed by atoms with Gasteiger partial charge in [0, 0.05) is 11.1 Å². The predicted octanol–water partition coefficient (Wildman–Crippen LogP) is 3.21. The Morgan fingerprint density at radius 3 is 3.00 bits per heavy atom. The Morgan fingerprint density at radius 1 is 1.35 bits per heavy atom. The van der Waals surface area contributed by atoms with Crippen molar-refractivity contribution in [3.05, 3.63) is 45.2 Å². The van der Waals surface area contributed by atoms with Crippen molar-refractivity contribution in [2.24, 2.45) is 5.92 Å². The van der Waals surface area contributed by atoms with Crippen molar-refractivity contribution in [2.45, 2.75) is 45.2 Å². The van der Waals surface area contributed by atoms with E-state index in [9.17, 15) is 4.79 Å². The first-order valence-electron chi connectivity index (χ1n) is 8.93. The van der Waals surface area contributed by atoms with E-state index < -0.39 is 0 Å². The Bertz CT molecular complexity index is 981. The van der Waals surface area contributed by atoms with Gasteiger partial charge in [0.25, 0.3) is 5.56 Å². The van der Waals surface area contributed by atoms with Gasteiger partial charge in [0.05, 0.1) is 6.54 Å². The van der Waals surface area contributed by atoms with Crippen LogP contribution in [0.5, 0.6) is 0 Å². The van der Waals surface area contributed by atoms with Crippen LogP contribution in [0.4, 0.5) is 5.82 Å². The molecule has 1 aromatic carbocycles. The lowest BCUT2D eigenvalue weighted by Crippen LogP contribution is -2.27. The van der Waals surface area contributed by atoms with Gasteiger partial charge in [-0.1, -0.05) is 54.8 Å². The minimum Gasteiger partial charge on any atom is -0.364 e. The standard InChI is InChI=1S/C18H21ClN6O/c1-11-5-4-7-13(9-11)20-17-15-16(18(26)23-22-17)25(24-21-15)10-12-6-2-3-8-14(12)19/h2-3,6,8,11,13H,4-5,7,9-10H2,1H3,(H,20,22)(H,23,26)/t11-,13-/m1/s1. The van der Waals surface area contributed by atoms with Gasteiger partial charge >= 0.3 is 0 Å².